The fraction of sp³-hybridized carbons (Fsp3) is 0.769. The molecule has 0 aliphatic heterocycles. The summed E-state index contributed by atoms with van der Waals surface area (Å²) in [7, 11) is 2.21. The summed E-state index contributed by atoms with van der Waals surface area (Å²) >= 11 is 5.44. The molecule has 0 aliphatic rings. The Morgan fingerprint density at radius 1 is 1.41 bits per heavy atom. The molecule has 0 saturated carbocycles. The number of halogens is 1. The predicted octanol–water partition coefficient (Wildman–Crippen LogP) is 4.08. The number of hydrogen-bond donors (Lipinski definition) is 0. The minimum atomic E-state index is 0.410. The zero-order chi connectivity index (χ0) is 12.9. The van der Waals surface area contributed by atoms with E-state index in [-0.39, 0.29) is 0 Å². The van der Waals surface area contributed by atoms with Crippen molar-refractivity contribution in [2.75, 3.05) is 18.9 Å². The largest absolute Gasteiger partial charge is 0.301 e. The first-order chi connectivity index (χ1) is 8.06. The highest BCUT2D eigenvalue weighted by Crippen LogP contribution is 2.30. The van der Waals surface area contributed by atoms with E-state index >= 15 is 0 Å². The molecule has 0 atom stereocenters. The third kappa shape index (κ3) is 4.04. The third-order valence-electron chi connectivity index (χ3n) is 3.65. The molecule has 1 heterocycles. The van der Waals surface area contributed by atoms with Crippen LogP contribution in [0.25, 0.3) is 0 Å². The maximum Gasteiger partial charge on any atom is 0.0798 e. The molecule has 0 bridgehead atoms. The lowest BCUT2D eigenvalue weighted by molar-refractivity contribution is 0.181. The van der Waals surface area contributed by atoms with Crippen molar-refractivity contribution in [3.63, 3.8) is 0 Å². The number of alkyl halides is 1. The first-order valence-electron chi connectivity index (χ1n) is 6.20. The highest BCUT2D eigenvalue weighted by molar-refractivity contribution is 9.09. The Kier molecular flexibility index (Phi) is 6.10. The molecular formula is C13H23BrN2S. The number of nitrogens with zero attached hydrogens (tertiary/aromatic N) is 2. The van der Waals surface area contributed by atoms with Gasteiger partial charge in [0.05, 0.1) is 11.2 Å². The summed E-state index contributed by atoms with van der Waals surface area (Å²) in [6.45, 7) is 8.83. The van der Waals surface area contributed by atoms with E-state index in [1.165, 1.54) is 23.4 Å². The molecule has 0 fully saturated rings. The summed E-state index contributed by atoms with van der Waals surface area (Å²) in [5.74, 6) is 0. The van der Waals surface area contributed by atoms with Crippen LogP contribution in [0.4, 0.5) is 0 Å². The minimum Gasteiger partial charge on any atom is -0.301 e. The number of aromatic nitrogens is 1. The van der Waals surface area contributed by atoms with Crippen molar-refractivity contribution in [2.24, 2.45) is 5.41 Å². The van der Waals surface area contributed by atoms with Gasteiger partial charge in [0.1, 0.15) is 0 Å². The molecule has 1 aromatic rings. The van der Waals surface area contributed by atoms with E-state index in [4.69, 9.17) is 0 Å². The standard InChI is InChI=1S/C13H23BrN2S/c1-5-13(6-2,8-14)9-16(4)7-12-11(3)15-10-17-12/h10H,5-9H2,1-4H3. The third-order valence-corrected chi connectivity index (χ3v) is 5.76. The van der Waals surface area contributed by atoms with Crippen LogP contribution in [0, 0.1) is 12.3 Å². The second-order valence-corrected chi connectivity index (χ2v) is 6.37. The molecule has 0 unspecified atom stereocenters. The molecule has 0 saturated heterocycles. The van der Waals surface area contributed by atoms with E-state index in [1.54, 1.807) is 11.3 Å². The van der Waals surface area contributed by atoms with E-state index in [1.807, 2.05) is 5.51 Å². The molecular weight excluding hydrogens is 296 g/mol. The molecule has 0 amide bonds. The van der Waals surface area contributed by atoms with Crippen molar-refractivity contribution in [1.82, 2.24) is 9.88 Å². The summed E-state index contributed by atoms with van der Waals surface area (Å²) in [5, 5.41) is 1.08. The Labute approximate surface area is 118 Å². The van der Waals surface area contributed by atoms with Gasteiger partial charge in [0, 0.05) is 23.3 Å². The van der Waals surface area contributed by atoms with E-state index in [0.717, 1.165) is 18.4 Å². The molecule has 98 valence electrons. The molecule has 1 aromatic heterocycles. The van der Waals surface area contributed by atoms with Crippen molar-refractivity contribution in [3.8, 4) is 0 Å². The summed E-state index contributed by atoms with van der Waals surface area (Å²) in [6.07, 6.45) is 2.45. The van der Waals surface area contributed by atoms with Gasteiger partial charge in [0.2, 0.25) is 0 Å². The van der Waals surface area contributed by atoms with Crippen LogP contribution in [-0.2, 0) is 6.54 Å². The zero-order valence-corrected chi connectivity index (χ0v) is 13.7. The first-order valence-corrected chi connectivity index (χ1v) is 8.20. The minimum absolute atomic E-state index is 0.410. The van der Waals surface area contributed by atoms with E-state index in [2.05, 4.69) is 53.6 Å². The maximum atomic E-state index is 4.31. The summed E-state index contributed by atoms with van der Waals surface area (Å²) < 4.78 is 0. The average molecular weight is 319 g/mol. The summed E-state index contributed by atoms with van der Waals surface area (Å²) in [5.41, 5.74) is 3.53. The summed E-state index contributed by atoms with van der Waals surface area (Å²) in [6, 6.07) is 0. The van der Waals surface area contributed by atoms with Gasteiger partial charge in [-0.15, -0.1) is 11.3 Å². The summed E-state index contributed by atoms with van der Waals surface area (Å²) in [4.78, 5) is 8.13. The lowest BCUT2D eigenvalue weighted by Gasteiger charge is -2.34. The van der Waals surface area contributed by atoms with Gasteiger partial charge in [0.15, 0.2) is 0 Å². The fourth-order valence-corrected chi connectivity index (χ4v) is 3.88. The van der Waals surface area contributed by atoms with Crippen LogP contribution in [0.3, 0.4) is 0 Å². The smallest absolute Gasteiger partial charge is 0.0798 e. The first kappa shape index (κ1) is 15.1. The van der Waals surface area contributed by atoms with Crippen molar-refractivity contribution < 1.29 is 0 Å². The lowest BCUT2D eigenvalue weighted by atomic mass is 9.84. The second kappa shape index (κ2) is 6.86. The number of rotatable bonds is 7. The van der Waals surface area contributed by atoms with Gasteiger partial charge in [-0.3, -0.25) is 0 Å². The van der Waals surface area contributed by atoms with Gasteiger partial charge >= 0.3 is 0 Å². The highest BCUT2D eigenvalue weighted by atomic mass is 79.9. The number of aryl methyl sites for hydroxylation is 1. The molecule has 4 heteroatoms. The monoisotopic (exact) mass is 318 g/mol. The van der Waals surface area contributed by atoms with Crippen molar-refractivity contribution >= 4 is 27.3 Å². The van der Waals surface area contributed by atoms with Crippen LogP contribution in [0.2, 0.25) is 0 Å². The van der Waals surface area contributed by atoms with Gasteiger partial charge in [0.25, 0.3) is 0 Å². The molecule has 17 heavy (non-hydrogen) atoms. The highest BCUT2D eigenvalue weighted by Gasteiger charge is 2.26. The number of thiazole rings is 1. The van der Waals surface area contributed by atoms with E-state index in [9.17, 15) is 0 Å². The Morgan fingerprint density at radius 2 is 2.06 bits per heavy atom. The molecule has 2 nitrogen and oxygen atoms in total. The van der Waals surface area contributed by atoms with Crippen molar-refractivity contribution in [1.29, 1.82) is 0 Å². The van der Waals surface area contributed by atoms with Gasteiger partial charge in [-0.1, -0.05) is 29.8 Å². The van der Waals surface area contributed by atoms with Crippen molar-refractivity contribution in [3.05, 3.63) is 16.1 Å². The molecule has 1 rings (SSSR count). The Balaban J connectivity index is 2.59. The van der Waals surface area contributed by atoms with Crippen LogP contribution in [0.5, 0.6) is 0 Å². The van der Waals surface area contributed by atoms with Gasteiger partial charge < -0.3 is 4.90 Å². The predicted molar refractivity (Wildman–Crippen MR) is 80.0 cm³/mol. The molecule has 0 N–H and O–H groups in total. The van der Waals surface area contributed by atoms with Crippen LogP contribution >= 0.6 is 27.3 Å². The van der Waals surface area contributed by atoms with E-state index in [0.29, 0.717) is 5.41 Å². The second-order valence-electron chi connectivity index (χ2n) is 4.87. The molecule has 0 radical (unpaired) electrons. The molecule has 0 spiro atoms. The van der Waals surface area contributed by atoms with Gasteiger partial charge in [-0.05, 0) is 32.2 Å². The van der Waals surface area contributed by atoms with Crippen LogP contribution in [-0.4, -0.2) is 28.8 Å². The van der Waals surface area contributed by atoms with Crippen LogP contribution < -0.4 is 0 Å². The van der Waals surface area contributed by atoms with Gasteiger partial charge in [-0.25, -0.2) is 4.98 Å². The average Bonchev–Trinajstić information content (AvgIpc) is 2.72. The zero-order valence-electron chi connectivity index (χ0n) is 11.3. The number of hydrogen-bond acceptors (Lipinski definition) is 3. The van der Waals surface area contributed by atoms with E-state index < -0.39 is 0 Å². The van der Waals surface area contributed by atoms with Crippen molar-refractivity contribution in [2.45, 2.75) is 40.2 Å². The maximum absolute atomic E-state index is 4.31. The Bertz CT molecular complexity index is 326. The Morgan fingerprint density at radius 3 is 2.47 bits per heavy atom. The van der Waals surface area contributed by atoms with Crippen LogP contribution in [0.1, 0.15) is 37.3 Å². The normalized spacial score (nSPS) is 12.4. The van der Waals surface area contributed by atoms with Gasteiger partial charge in [-0.2, -0.15) is 0 Å². The fourth-order valence-electron chi connectivity index (χ4n) is 2.06. The molecule has 0 aliphatic carbocycles. The lowest BCUT2D eigenvalue weighted by Crippen LogP contribution is -2.35. The Hall–Kier alpha value is 0.0700. The van der Waals surface area contributed by atoms with Crippen LogP contribution in [0.15, 0.2) is 5.51 Å². The SMILES string of the molecule is CCC(CC)(CBr)CN(C)Cc1scnc1C. The molecule has 0 aromatic carbocycles. The quantitative estimate of drug-likeness (QED) is 0.704. The topological polar surface area (TPSA) is 16.1 Å².